The fourth-order valence-corrected chi connectivity index (χ4v) is 9.50. The third-order valence-corrected chi connectivity index (χ3v) is 13.5. The molecule has 330 valence electrons. The first-order chi connectivity index (χ1) is 27.6. The Hall–Kier alpha value is 0.766. The summed E-state index contributed by atoms with van der Waals surface area (Å²) in [6.07, 6.45) is 63.3. The van der Waals surface area contributed by atoms with Crippen LogP contribution in [0.4, 0.5) is 0 Å². The van der Waals surface area contributed by atoms with E-state index < -0.39 is 10.1 Å². The quantitative estimate of drug-likeness (QED) is 0.0373. The average molecular weight is 842 g/mol. The van der Waals surface area contributed by atoms with Gasteiger partial charge in [-0.3, -0.25) is 0 Å². The monoisotopic (exact) mass is 841 g/mol. The number of unbranched alkanes of at least 4 members (excludes halogenated alkanes) is 43. The third kappa shape index (κ3) is 41.9. The second-order valence-electron chi connectivity index (χ2n) is 18.0. The Bertz CT molecular complexity index is 1030. The van der Waals surface area contributed by atoms with Crippen LogP contribution in [-0.4, -0.2) is 13.0 Å². The molecule has 0 fully saturated rings. The van der Waals surface area contributed by atoms with Crippen LogP contribution in [0.25, 0.3) is 0 Å². The Balaban J connectivity index is 0.0000314. The van der Waals surface area contributed by atoms with E-state index in [4.69, 9.17) is 0 Å². The SMILES string of the molecule is CCCCCCCCCCCCCCCCCCCCCCCCCCCCCCCCCCCCCCCCCCCCCCc1ccccc1S(=O)(=O)[O-].[K+]. The van der Waals surface area contributed by atoms with E-state index in [9.17, 15) is 13.0 Å². The number of rotatable bonds is 46. The van der Waals surface area contributed by atoms with Crippen LogP contribution in [-0.2, 0) is 16.5 Å². The maximum atomic E-state index is 11.4. The van der Waals surface area contributed by atoms with Crippen molar-refractivity contribution in [3.05, 3.63) is 29.8 Å². The van der Waals surface area contributed by atoms with E-state index in [2.05, 4.69) is 6.92 Å². The second kappa shape index (κ2) is 46.3. The molecule has 0 aliphatic rings. The summed E-state index contributed by atoms with van der Waals surface area (Å²) in [7, 11) is -4.37. The summed E-state index contributed by atoms with van der Waals surface area (Å²) >= 11 is 0. The van der Waals surface area contributed by atoms with Crippen LogP contribution in [0.5, 0.6) is 0 Å². The molecule has 0 unspecified atom stereocenters. The van der Waals surface area contributed by atoms with Gasteiger partial charge in [0.05, 0.1) is 4.90 Å². The van der Waals surface area contributed by atoms with Gasteiger partial charge >= 0.3 is 51.4 Å². The molecule has 0 saturated heterocycles. The van der Waals surface area contributed by atoms with Gasteiger partial charge in [-0.25, -0.2) is 8.42 Å². The Morgan fingerprint density at radius 1 is 0.333 bits per heavy atom. The molecule has 1 aromatic rings. The molecule has 0 aromatic heterocycles. The predicted molar refractivity (Wildman–Crippen MR) is 247 cm³/mol. The Morgan fingerprint density at radius 2 is 0.526 bits per heavy atom. The van der Waals surface area contributed by atoms with Crippen LogP contribution in [0.3, 0.4) is 0 Å². The summed E-state index contributed by atoms with van der Waals surface area (Å²) in [5.74, 6) is 0. The maximum Gasteiger partial charge on any atom is 1.00 e. The molecule has 0 saturated carbocycles. The van der Waals surface area contributed by atoms with Crippen LogP contribution in [0, 0.1) is 0 Å². The zero-order valence-corrected chi connectivity index (χ0v) is 42.7. The van der Waals surface area contributed by atoms with E-state index in [1.807, 2.05) is 6.07 Å². The first-order valence-electron chi connectivity index (χ1n) is 25.6. The van der Waals surface area contributed by atoms with Crippen molar-refractivity contribution in [3.8, 4) is 0 Å². The molecule has 0 atom stereocenters. The molecule has 5 heteroatoms. The standard InChI is InChI=1S/C52H98O3S.K/c1-2-3-4-5-6-7-8-9-10-11-12-13-14-15-16-17-18-19-20-21-22-23-24-25-26-27-28-29-30-31-32-33-34-35-36-37-38-39-40-41-42-43-44-45-48-51-49-46-47-50-52(51)56(53,54)55;/h46-47,49-50H,2-45,48H2,1H3,(H,53,54,55);/q;+1/p-1. The van der Waals surface area contributed by atoms with E-state index in [1.165, 1.54) is 276 Å². The van der Waals surface area contributed by atoms with Crippen molar-refractivity contribution < 1.29 is 64.4 Å². The van der Waals surface area contributed by atoms with Gasteiger partial charge in [-0.05, 0) is 24.5 Å². The normalized spacial score (nSPS) is 11.7. The van der Waals surface area contributed by atoms with Crippen LogP contribution in [0.2, 0.25) is 0 Å². The summed E-state index contributed by atoms with van der Waals surface area (Å²) < 4.78 is 34.2. The zero-order valence-electron chi connectivity index (χ0n) is 38.8. The molecule has 0 aliphatic carbocycles. The van der Waals surface area contributed by atoms with Crippen LogP contribution >= 0.6 is 0 Å². The first-order valence-corrected chi connectivity index (χ1v) is 27.0. The minimum Gasteiger partial charge on any atom is -0.744 e. The van der Waals surface area contributed by atoms with Gasteiger partial charge in [-0.15, -0.1) is 0 Å². The van der Waals surface area contributed by atoms with Crippen molar-refractivity contribution >= 4 is 10.1 Å². The molecule has 0 N–H and O–H groups in total. The summed E-state index contributed by atoms with van der Waals surface area (Å²) in [5.41, 5.74) is 0.676. The average Bonchev–Trinajstić information content (AvgIpc) is 3.19. The van der Waals surface area contributed by atoms with Gasteiger partial charge in [-0.2, -0.15) is 0 Å². The first kappa shape index (κ1) is 57.8. The predicted octanol–water partition coefficient (Wildman–Crippen LogP) is 15.3. The smallest absolute Gasteiger partial charge is 0.744 e. The maximum absolute atomic E-state index is 11.4. The Labute approximate surface area is 401 Å². The van der Waals surface area contributed by atoms with Crippen LogP contribution in [0.15, 0.2) is 29.2 Å². The van der Waals surface area contributed by atoms with Crippen molar-refractivity contribution in [2.45, 2.75) is 301 Å². The molecule has 0 heterocycles. The molecule has 0 bridgehead atoms. The topological polar surface area (TPSA) is 57.2 Å². The van der Waals surface area contributed by atoms with E-state index in [0.29, 0.717) is 12.0 Å². The fraction of sp³-hybridized carbons (Fsp3) is 0.885. The van der Waals surface area contributed by atoms with Crippen molar-refractivity contribution in [2.75, 3.05) is 0 Å². The fourth-order valence-electron chi connectivity index (χ4n) is 8.77. The molecule has 0 aliphatic heterocycles. The molecule has 1 rings (SSSR count). The molecular formula is C52H97KO3S. The number of aryl methyl sites for hydroxylation is 1. The molecule has 0 radical (unpaired) electrons. The number of hydrogen-bond donors (Lipinski definition) is 0. The van der Waals surface area contributed by atoms with Gasteiger partial charge in [0.15, 0.2) is 0 Å². The van der Waals surface area contributed by atoms with Gasteiger partial charge in [0, 0.05) is 0 Å². The minimum absolute atomic E-state index is 0. The van der Waals surface area contributed by atoms with E-state index in [1.54, 1.807) is 12.1 Å². The van der Waals surface area contributed by atoms with Crippen molar-refractivity contribution in [2.24, 2.45) is 0 Å². The Kier molecular flexibility index (Phi) is 46.9. The van der Waals surface area contributed by atoms with Gasteiger partial charge in [0.1, 0.15) is 10.1 Å². The van der Waals surface area contributed by atoms with Crippen LogP contribution < -0.4 is 51.4 Å². The zero-order chi connectivity index (χ0) is 40.3. The van der Waals surface area contributed by atoms with Crippen molar-refractivity contribution in [1.82, 2.24) is 0 Å². The number of hydrogen-bond acceptors (Lipinski definition) is 3. The van der Waals surface area contributed by atoms with Gasteiger partial charge in [0.2, 0.25) is 0 Å². The van der Waals surface area contributed by atoms with E-state index in [0.717, 1.165) is 12.8 Å². The molecule has 1 aromatic carbocycles. The molecule has 0 amide bonds. The second-order valence-corrected chi connectivity index (χ2v) is 19.4. The molecular weight excluding hydrogens is 744 g/mol. The third-order valence-electron chi connectivity index (χ3n) is 12.5. The molecule has 57 heavy (non-hydrogen) atoms. The summed E-state index contributed by atoms with van der Waals surface area (Å²) in [6.45, 7) is 2.31. The summed E-state index contributed by atoms with van der Waals surface area (Å²) in [4.78, 5) is -0.0397. The number of benzene rings is 1. The van der Waals surface area contributed by atoms with Crippen molar-refractivity contribution in [3.63, 3.8) is 0 Å². The minimum atomic E-state index is -4.37. The van der Waals surface area contributed by atoms with E-state index >= 15 is 0 Å². The van der Waals surface area contributed by atoms with Crippen molar-refractivity contribution in [1.29, 1.82) is 0 Å². The summed E-state index contributed by atoms with van der Waals surface area (Å²) in [6, 6.07) is 6.65. The van der Waals surface area contributed by atoms with Crippen LogP contribution in [0.1, 0.15) is 295 Å². The van der Waals surface area contributed by atoms with Gasteiger partial charge in [0.25, 0.3) is 0 Å². The molecule has 0 spiro atoms. The Morgan fingerprint density at radius 3 is 0.737 bits per heavy atom. The van der Waals surface area contributed by atoms with Gasteiger partial charge in [-0.1, -0.05) is 301 Å². The van der Waals surface area contributed by atoms with E-state index in [-0.39, 0.29) is 56.3 Å². The summed E-state index contributed by atoms with van der Waals surface area (Å²) in [5, 5.41) is 0. The van der Waals surface area contributed by atoms with Gasteiger partial charge < -0.3 is 4.55 Å². The molecule has 3 nitrogen and oxygen atoms in total. The largest absolute Gasteiger partial charge is 1.00 e.